The zero-order valence-corrected chi connectivity index (χ0v) is 12.0. The number of ether oxygens (including phenoxy) is 1. The van der Waals surface area contributed by atoms with Crippen molar-refractivity contribution in [2.45, 2.75) is 13.3 Å². The molecule has 0 saturated carbocycles. The van der Waals surface area contributed by atoms with Crippen LogP contribution in [0.1, 0.15) is 13.3 Å². The fraction of sp³-hybridized carbons (Fsp3) is 0.533. The predicted molar refractivity (Wildman–Crippen MR) is 80.1 cm³/mol. The molecule has 2 N–H and O–H groups in total. The van der Waals surface area contributed by atoms with Crippen molar-refractivity contribution in [2.24, 2.45) is 5.73 Å². The number of rotatable bonds is 5. The van der Waals surface area contributed by atoms with Gasteiger partial charge < -0.3 is 20.3 Å². The molecule has 0 aliphatic carbocycles. The van der Waals surface area contributed by atoms with Crippen LogP contribution in [0.5, 0.6) is 5.75 Å². The molecule has 0 bridgehead atoms. The highest BCUT2D eigenvalue weighted by molar-refractivity contribution is 5.76. The van der Waals surface area contributed by atoms with E-state index in [1.807, 2.05) is 30.0 Å². The van der Waals surface area contributed by atoms with Crippen LogP contribution in [0, 0.1) is 0 Å². The summed E-state index contributed by atoms with van der Waals surface area (Å²) in [5.74, 6) is 1.07. The van der Waals surface area contributed by atoms with E-state index in [1.165, 1.54) is 0 Å². The first-order valence-corrected chi connectivity index (χ1v) is 7.21. The fourth-order valence-corrected chi connectivity index (χ4v) is 2.47. The first-order chi connectivity index (χ1) is 9.76. The van der Waals surface area contributed by atoms with Gasteiger partial charge in [-0.05, 0) is 19.1 Å². The van der Waals surface area contributed by atoms with Crippen molar-refractivity contribution >= 4 is 11.6 Å². The van der Waals surface area contributed by atoms with Crippen LogP contribution in [0.3, 0.4) is 0 Å². The summed E-state index contributed by atoms with van der Waals surface area (Å²) in [6, 6.07) is 8.06. The summed E-state index contributed by atoms with van der Waals surface area (Å²) in [6.07, 6.45) is 0.440. The zero-order valence-electron chi connectivity index (χ0n) is 12.0. The van der Waals surface area contributed by atoms with Gasteiger partial charge in [-0.15, -0.1) is 0 Å². The third-order valence-corrected chi connectivity index (χ3v) is 3.50. The maximum atomic E-state index is 11.8. The molecule has 1 aromatic carbocycles. The molecule has 1 saturated heterocycles. The Hall–Kier alpha value is -1.75. The molecule has 1 fully saturated rings. The van der Waals surface area contributed by atoms with Crippen LogP contribution in [0.4, 0.5) is 5.69 Å². The molecule has 5 heteroatoms. The summed E-state index contributed by atoms with van der Waals surface area (Å²) in [5, 5.41) is 0. The first kappa shape index (κ1) is 14.7. The van der Waals surface area contributed by atoms with Crippen molar-refractivity contribution in [1.29, 1.82) is 0 Å². The Morgan fingerprint density at radius 2 is 1.95 bits per heavy atom. The molecule has 1 aliphatic heterocycles. The van der Waals surface area contributed by atoms with E-state index < -0.39 is 0 Å². The Kier molecular flexibility index (Phi) is 5.24. The molecule has 0 atom stereocenters. The molecule has 20 heavy (non-hydrogen) atoms. The van der Waals surface area contributed by atoms with Gasteiger partial charge in [0.25, 0.3) is 0 Å². The van der Waals surface area contributed by atoms with Crippen molar-refractivity contribution in [1.82, 2.24) is 4.90 Å². The van der Waals surface area contributed by atoms with Crippen LogP contribution in [0.25, 0.3) is 0 Å². The number of carbonyl (C=O) groups excluding carboxylic acids is 1. The number of carbonyl (C=O) groups is 1. The summed E-state index contributed by atoms with van der Waals surface area (Å²) < 4.78 is 5.66. The molecule has 0 spiro atoms. The van der Waals surface area contributed by atoms with Crippen LogP contribution in [0.2, 0.25) is 0 Å². The minimum atomic E-state index is 0.158. The lowest BCUT2D eigenvalue weighted by Crippen LogP contribution is -2.49. The van der Waals surface area contributed by atoms with Gasteiger partial charge in [-0.2, -0.15) is 0 Å². The summed E-state index contributed by atoms with van der Waals surface area (Å²) >= 11 is 0. The van der Waals surface area contributed by atoms with E-state index >= 15 is 0 Å². The number of nitrogens with two attached hydrogens (primary N) is 1. The Balaban J connectivity index is 1.98. The maximum absolute atomic E-state index is 11.8. The highest BCUT2D eigenvalue weighted by Crippen LogP contribution is 2.28. The minimum absolute atomic E-state index is 0.158. The second kappa shape index (κ2) is 7.14. The van der Waals surface area contributed by atoms with E-state index in [9.17, 15) is 4.79 Å². The molecule has 110 valence electrons. The lowest BCUT2D eigenvalue weighted by molar-refractivity contribution is -0.131. The summed E-state index contributed by atoms with van der Waals surface area (Å²) in [7, 11) is 0. The van der Waals surface area contributed by atoms with E-state index in [0.717, 1.165) is 37.6 Å². The van der Waals surface area contributed by atoms with Crippen LogP contribution < -0.4 is 15.4 Å². The van der Waals surface area contributed by atoms with Gasteiger partial charge in [0.1, 0.15) is 5.75 Å². The molecular formula is C15H23N3O2. The molecule has 0 unspecified atom stereocenters. The van der Waals surface area contributed by atoms with E-state index in [-0.39, 0.29) is 5.91 Å². The SMILES string of the molecule is CCOc1ccccc1N1CCN(C(=O)CCN)CC1. The third kappa shape index (κ3) is 3.42. The molecule has 0 radical (unpaired) electrons. The number of anilines is 1. The van der Waals surface area contributed by atoms with Crippen molar-refractivity contribution < 1.29 is 9.53 Å². The Bertz CT molecular complexity index is 442. The fourth-order valence-electron chi connectivity index (χ4n) is 2.47. The van der Waals surface area contributed by atoms with Gasteiger partial charge in [-0.25, -0.2) is 0 Å². The second-order valence-electron chi connectivity index (χ2n) is 4.81. The number of nitrogens with zero attached hydrogens (tertiary/aromatic N) is 2. The van der Waals surface area contributed by atoms with Crippen LogP contribution in [-0.2, 0) is 4.79 Å². The molecule has 1 aliphatic rings. The molecular weight excluding hydrogens is 254 g/mol. The molecule has 2 rings (SSSR count). The topological polar surface area (TPSA) is 58.8 Å². The minimum Gasteiger partial charge on any atom is -0.492 e. The number of amides is 1. The average Bonchev–Trinajstić information content (AvgIpc) is 2.49. The number of hydrogen-bond acceptors (Lipinski definition) is 4. The quantitative estimate of drug-likeness (QED) is 0.875. The van der Waals surface area contributed by atoms with E-state index in [4.69, 9.17) is 10.5 Å². The number of para-hydroxylation sites is 2. The first-order valence-electron chi connectivity index (χ1n) is 7.21. The van der Waals surface area contributed by atoms with Gasteiger partial charge in [-0.3, -0.25) is 4.79 Å². The molecule has 1 heterocycles. The van der Waals surface area contributed by atoms with Crippen LogP contribution in [0.15, 0.2) is 24.3 Å². The van der Waals surface area contributed by atoms with Gasteiger partial charge in [0, 0.05) is 39.1 Å². The van der Waals surface area contributed by atoms with E-state index in [0.29, 0.717) is 19.6 Å². The monoisotopic (exact) mass is 277 g/mol. The molecule has 1 amide bonds. The van der Waals surface area contributed by atoms with Gasteiger partial charge in [-0.1, -0.05) is 12.1 Å². The average molecular weight is 277 g/mol. The summed E-state index contributed by atoms with van der Waals surface area (Å²) in [6.45, 7) is 6.23. The van der Waals surface area contributed by atoms with Crippen LogP contribution in [-0.4, -0.2) is 50.1 Å². The Labute approximate surface area is 120 Å². The predicted octanol–water partition coefficient (Wildman–Crippen LogP) is 1.08. The van der Waals surface area contributed by atoms with Gasteiger partial charge >= 0.3 is 0 Å². The highest BCUT2D eigenvalue weighted by atomic mass is 16.5. The summed E-state index contributed by atoms with van der Waals surface area (Å²) in [4.78, 5) is 16.0. The largest absolute Gasteiger partial charge is 0.492 e. The number of benzene rings is 1. The third-order valence-electron chi connectivity index (χ3n) is 3.50. The van der Waals surface area contributed by atoms with Gasteiger partial charge in [0.2, 0.25) is 5.91 Å². The maximum Gasteiger partial charge on any atom is 0.223 e. The standard InChI is InChI=1S/C15H23N3O2/c1-2-20-14-6-4-3-5-13(14)17-9-11-18(12-10-17)15(19)7-8-16/h3-6H,2,7-12,16H2,1H3. The van der Waals surface area contributed by atoms with E-state index in [1.54, 1.807) is 0 Å². The van der Waals surface area contributed by atoms with Crippen LogP contribution >= 0.6 is 0 Å². The number of piperazine rings is 1. The number of hydrogen-bond donors (Lipinski definition) is 1. The molecule has 1 aromatic rings. The normalized spacial score (nSPS) is 15.3. The van der Waals surface area contributed by atoms with E-state index in [2.05, 4.69) is 11.0 Å². The summed E-state index contributed by atoms with van der Waals surface area (Å²) in [5.41, 5.74) is 6.54. The Morgan fingerprint density at radius 1 is 1.25 bits per heavy atom. The van der Waals surface area contributed by atoms with Crippen molar-refractivity contribution in [2.75, 3.05) is 44.2 Å². The van der Waals surface area contributed by atoms with Crippen molar-refractivity contribution in [3.63, 3.8) is 0 Å². The lowest BCUT2D eigenvalue weighted by Gasteiger charge is -2.36. The highest BCUT2D eigenvalue weighted by Gasteiger charge is 2.22. The Morgan fingerprint density at radius 3 is 2.60 bits per heavy atom. The molecule has 5 nitrogen and oxygen atoms in total. The van der Waals surface area contributed by atoms with Crippen molar-refractivity contribution in [3.8, 4) is 5.75 Å². The second-order valence-corrected chi connectivity index (χ2v) is 4.81. The van der Waals surface area contributed by atoms with Gasteiger partial charge in [0.05, 0.1) is 12.3 Å². The lowest BCUT2D eigenvalue weighted by atomic mass is 10.2. The smallest absolute Gasteiger partial charge is 0.223 e. The van der Waals surface area contributed by atoms with Gasteiger partial charge in [0.15, 0.2) is 0 Å². The molecule has 0 aromatic heterocycles. The van der Waals surface area contributed by atoms with Crippen molar-refractivity contribution in [3.05, 3.63) is 24.3 Å². The zero-order chi connectivity index (χ0) is 14.4.